The summed E-state index contributed by atoms with van der Waals surface area (Å²) >= 11 is 0. The molecule has 0 aliphatic carbocycles. The maximum atomic E-state index is 12.8. The third kappa shape index (κ3) is 55.4. The first-order valence-electron chi connectivity index (χ1n) is 29.1. The van der Waals surface area contributed by atoms with Gasteiger partial charge in [-0.1, -0.05) is 247 Å². The van der Waals surface area contributed by atoms with Crippen molar-refractivity contribution in [2.45, 2.75) is 284 Å². The molecule has 1 unspecified atom stereocenters. The average molecular weight is 962 g/mol. The predicted molar refractivity (Wildman–Crippen MR) is 297 cm³/mol. The van der Waals surface area contributed by atoms with Gasteiger partial charge in [-0.2, -0.15) is 0 Å². The van der Waals surface area contributed by atoms with Crippen molar-refractivity contribution in [3.8, 4) is 0 Å². The molecule has 0 aromatic rings. The first kappa shape index (κ1) is 65.6. The molecule has 0 saturated heterocycles. The number of carbonyl (C=O) groups excluding carboxylic acids is 3. The molecule has 0 aromatic carbocycles. The highest BCUT2D eigenvalue weighted by Gasteiger charge is 2.19. The second-order valence-electron chi connectivity index (χ2n) is 19.2. The van der Waals surface area contributed by atoms with Gasteiger partial charge in [0.1, 0.15) is 13.2 Å². The number of esters is 3. The standard InChI is InChI=1S/C63H108O6/c1-4-7-10-13-16-19-22-25-28-29-30-31-32-33-36-38-41-44-47-50-53-56-62(65)68-59-60(69-63(66)57-54-51-48-45-42-39-35-27-24-21-18-15-12-9-6-3)58-67-61(64)55-52-49-46-43-40-37-34-26-23-20-17-14-11-8-5-2/h9,12,18,21-22,25,27,29-30,32-33,35,42,45,60H,4-8,10-11,13-17,19-20,23-24,26,28,31,34,36-41,43-44,46-59H2,1-3H3/b12-9-,21-18-,25-22-,30-29-,33-32-,35-27-,45-42-. The zero-order valence-electron chi connectivity index (χ0n) is 45.3. The van der Waals surface area contributed by atoms with Crippen LogP contribution in [0.4, 0.5) is 0 Å². The van der Waals surface area contributed by atoms with Crippen LogP contribution < -0.4 is 0 Å². The molecule has 0 heterocycles. The second-order valence-corrected chi connectivity index (χ2v) is 19.2. The lowest BCUT2D eigenvalue weighted by Crippen LogP contribution is -2.30. The molecule has 0 aromatic heterocycles. The summed E-state index contributed by atoms with van der Waals surface area (Å²) in [7, 11) is 0. The molecule has 0 aliphatic heterocycles. The monoisotopic (exact) mass is 961 g/mol. The van der Waals surface area contributed by atoms with Crippen LogP contribution in [-0.4, -0.2) is 37.2 Å². The first-order chi connectivity index (χ1) is 34.0. The second kappa shape index (κ2) is 57.2. The molecule has 0 saturated carbocycles. The van der Waals surface area contributed by atoms with Crippen LogP contribution >= 0.6 is 0 Å². The summed E-state index contributed by atoms with van der Waals surface area (Å²) in [5, 5.41) is 0. The lowest BCUT2D eigenvalue weighted by atomic mass is 10.0. The van der Waals surface area contributed by atoms with E-state index in [1.54, 1.807) is 0 Å². The topological polar surface area (TPSA) is 78.9 Å². The van der Waals surface area contributed by atoms with Gasteiger partial charge in [0.15, 0.2) is 6.10 Å². The number of rotatable bonds is 52. The molecule has 0 amide bonds. The average Bonchev–Trinajstić information content (AvgIpc) is 3.35. The van der Waals surface area contributed by atoms with E-state index in [9.17, 15) is 14.4 Å². The highest BCUT2D eigenvalue weighted by Crippen LogP contribution is 2.15. The van der Waals surface area contributed by atoms with Gasteiger partial charge >= 0.3 is 17.9 Å². The van der Waals surface area contributed by atoms with E-state index in [1.165, 1.54) is 135 Å². The molecule has 0 fully saturated rings. The van der Waals surface area contributed by atoms with Gasteiger partial charge < -0.3 is 14.2 Å². The molecule has 0 bridgehead atoms. The van der Waals surface area contributed by atoms with E-state index in [0.717, 1.165) is 96.3 Å². The van der Waals surface area contributed by atoms with Crippen LogP contribution in [0.1, 0.15) is 278 Å². The third-order valence-corrected chi connectivity index (χ3v) is 12.4. The van der Waals surface area contributed by atoms with Crippen LogP contribution in [0.25, 0.3) is 0 Å². The molecule has 1 atom stereocenters. The molecule has 396 valence electrons. The summed E-state index contributed by atoms with van der Waals surface area (Å²) in [6, 6.07) is 0. The Labute approximate surface area is 426 Å². The lowest BCUT2D eigenvalue weighted by molar-refractivity contribution is -0.167. The van der Waals surface area contributed by atoms with E-state index in [-0.39, 0.29) is 37.5 Å². The third-order valence-electron chi connectivity index (χ3n) is 12.4. The van der Waals surface area contributed by atoms with Gasteiger partial charge in [-0.3, -0.25) is 14.4 Å². The van der Waals surface area contributed by atoms with Crippen LogP contribution in [0.15, 0.2) is 85.1 Å². The van der Waals surface area contributed by atoms with E-state index in [1.807, 2.05) is 0 Å². The van der Waals surface area contributed by atoms with E-state index in [4.69, 9.17) is 14.2 Å². The number of unbranched alkanes of at least 4 members (excludes halogenated alkanes) is 27. The van der Waals surface area contributed by atoms with Gasteiger partial charge in [0.05, 0.1) is 0 Å². The SMILES string of the molecule is CC/C=C\C/C=C\C/C=C\C/C=C\CCCCC(=O)OC(COC(=O)CCCCCCCC/C=C\C/C=C\C/C=C\CCCCCCC)COC(=O)CCCCCCCCCCCCCCCCC. The summed E-state index contributed by atoms with van der Waals surface area (Å²) in [6.45, 7) is 6.49. The van der Waals surface area contributed by atoms with Gasteiger partial charge in [-0.15, -0.1) is 0 Å². The highest BCUT2D eigenvalue weighted by molar-refractivity contribution is 5.71. The van der Waals surface area contributed by atoms with Gasteiger partial charge in [-0.05, 0) is 96.3 Å². The molecular weight excluding hydrogens is 853 g/mol. The summed E-state index contributed by atoms with van der Waals surface area (Å²) in [6.07, 6.45) is 74.3. The number of allylic oxidation sites excluding steroid dienone is 14. The van der Waals surface area contributed by atoms with E-state index < -0.39 is 6.10 Å². The molecule has 0 radical (unpaired) electrons. The van der Waals surface area contributed by atoms with Gasteiger partial charge in [0.25, 0.3) is 0 Å². The minimum atomic E-state index is -0.803. The van der Waals surface area contributed by atoms with Crippen molar-refractivity contribution in [1.29, 1.82) is 0 Å². The van der Waals surface area contributed by atoms with Crippen LogP contribution in [0, 0.1) is 0 Å². The summed E-state index contributed by atoms with van der Waals surface area (Å²) < 4.78 is 16.8. The van der Waals surface area contributed by atoms with Gasteiger partial charge in [0.2, 0.25) is 0 Å². The number of hydrogen-bond donors (Lipinski definition) is 0. The van der Waals surface area contributed by atoms with Crippen molar-refractivity contribution in [1.82, 2.24) is 0 Å². The fourth-order valence-electron chi connectivity index (χ4n) is 8.03. The van der Waals surface area contributed by atoms with Gasteiger partial charge in [-0.25, -0.2) is 0 Å². The Morgan fingerprint density at radius 3 is 0.913 bits per heavy atom. The van der Waals surface area contributed by atoms with E-state index >= 15 is 0 Å². The first-order valence-corrected chi connectivity index (χ1v) is 29.1. The van der Waals surface area contributed by atoms with Crippen molar-refractivity contribution in [2.75, 3.05) is 13.2 Å². The molecule has 6 nitrogen and oxygen atoms in total. The van der Waals surface area contributed by atoms with Crippen LogP contribution in [-0.2, 0) is 28.6 Å². The largest absolute Gasteiger partial charge is 0.462 e. The Balaban J connectivity index is 4.43. The lowest BCUT2D eigenvalue weighted by Gasteiger charge is -2.18. The summed E-state index contributed by atoms with van der Waals surface area (Å²) in [5.41, 5.74) is 0. The van der Waals surface area contributed by atoms with Crippen LogP contribution in [0.2, 0.25) is 0 Å². The fourth-order valence-corrected chi connectivity index (χ4v) is 8.03. The summed E-state index contributed by atoms with van der Waals surface area (Å²) in [4.78, 5) is 38.1. The van der Waals surface area contributed by atoms with Crippen molar-refractivity contribution >= 4 is 17.9 Å². The zero-order valence-corrected chi connectivity index (χ0v) is 45.3. The van der Waals surface area contributed by atoms with Crippen LogP contribution in [0.5, 0.6) is 0 Å². The van der Waals surface area contributed by atoms with E-state index in [0.29, 0.717) is 19.3 Å². The zero-order chi connectivity index (χ0) is 50.0. The molecular formula is C63H108O6. The van der Waals surface area contributed by atoms with Crippen molar-refractivity contribution < 1.29 is 28.6 Å². The fraction of sp³-hybridized carbons (Fsp3) is 0.730. The number of ether oxygens (including phenoxy) is 3. The molecule has 0 N–H and O–H groups in total. The molecule has 0 aliphatic rings. The Hall–Kier alpha value is -3.41. The van der Waals surface area contributed by atoms with Gasteiger partial charge in [0, 0.05) is 19.3 Å². The number of carbonyl (C=O) groups is 3. The van der Waals surface area contributed by atoms with Crippen molar-refractivity contribution in [2.24, 2.45) is 0 Å². The Morgan fingerprint density at radius 2 is 0.565 bits per heavy atom. The quantitative estimate of drug-likeness (QED) is 0.0262. The minimum absolute atomic E-state index is 0.0958. The predicted octanol–water partition coefficient (Wildman–Crippen LogP) is 19.5. The smallest absolute Gasteiger partial charge is 0.306 e. The maximum absolute atomic E-state index is 12.8. The number of hydrogen-bond acceptors (Lipinski definition) is 6. The maximum Gasteiger partial charge on any atom is 0.306 e. The summed E-state index contributed by atoms with van der Waals surface area (Å²) in [5.74, 6) is -0.944. The Morgan fingerprint density at radius 1 is 0.304 bits per heavy atom. The van der Waals surface area contributed by atoms with Crippen molar-refractivity contribution in [3.63, 3.8) is 0 Å². The highest BCUT2D eigenvalue weighted by atomic mass is 16.6. The van der Waals surface area contributed by atoms with E-state index in [2.05, 4.69) is 106 Å². The minimum Gasteiger partial charge on any atom is -0.462 e. The Kier molecular flexibility index (Phi) is 54.3. The molecule has 0 rings (SSSR count). The molecule has 69 heavy (non-hydrogen) atoms. The molecule has 0 spiro atoms. The van der Waals surface area contributed by atoms with Crippen molar-refractivity contribution in [3.05, 3.63) is 85.1 Å². The van der Waals surface area contributed by atoms with Crippen LogP contribution in [0.3, 0.4) is 0 Å². The molecule has 6 heteroatoms. The Bertz CT molecular complexity index is 1330. The normalized spacial score (nSPS) is 12.7.